The largest absolute Gasteiger partial charge is 0.416 e. The van der Waals surface area contributed by atoms with Gasteiger partial charge in [0.05, 0.1) is 23.0 Å². The second kappa shape index (κ2) is 5.84. The van der Waals surface area contributed by atoms with Crippen LogP contribution in [0.5, 0.6) is 0 Å². The van der Waals surface area contributed by atoms with E-state index in [1.165, 1.54) is 23.3 Å². The van der Waals surface area contributed by atoms with E-state index in [-0.39, 0.29) is 17.9 Å². The van der Waals surface area contributed by atoms with Gasteiger partial charge in [-0.05, 0) is 53.3 Å². The van der Waals surface area contributed by atoms with Gasteiger partial charge in [-0.25, -0.2) is 0 Å². The van der Waals surface area contributed by atoms with Crippen molar-refractivity contribution in [2.75, 3.05) is 5.32 Å². The molecular formula is C22H17F3N2. The van der Waals surface area contributed by atoms with E-state index in [0.717, 1.165) is 23.4 Å². The Labute approximate surface area is 155 Å². The molecule has 27 heavy (non-hydrogen) atoms. The van der Waals surface area contributed by atoms with Crippen LogP contribution in [-0.2, 0) is 12.6 Å². The number of benzene rings is 2. The number of hydrogen-bond donors (Lipinski definition) is 1. The highest BCUT2D eigenvalue weighted by Gasteiger charge is 2.44. The number of hydrogen-bond acceptors (Lipinski definition) is 2. The van der Waals surface area contributed by atoms with E-state index in [1.54, 1.807) is 18.3 Å². The summed E-state index contributed by atoms with van der Waals surface area (Å²) in [7, 11) is 0. The highest BCUT2D eigenvalue weighted by Crippen LogP contribution is 2.53. The van der Waals surface area contributed by atoms with Crippen LogP contribution in [0, 0.1) is 5.92 Å². The number of pyridine rings is 1. The Morgan fingerprint density at radius 1 is 0.926 bits per heavy atom. The van der Waals surface area contributed by atoms with E-state index < -0.39 is 11.7 Å². The van der Waals surface area contributed by atoms with Gasteiger partial charge in [0.15, 0.2) is 0 Å². The Morgan fingerprint density at radius 2 is 1.70 bits per heavy atom. The van der Waals surface area contributed by atoms with Crippen molar-refractivity contribution in [2.45, 2.75) is 24.6 Å². The van der Waals surface area contributed by atoms with Crippen molar-refractivity contribution in [2.24, 2.45) is 5.92 Å². The van der Waals surface area contributed by atoms with E-state index >= 15 is 0 Å². The first-order valence-electron chi connectivity index (χ1n) is 8.99. The Hall–Kier alpha value is -2.82. The molecule has 1 N–H and O–H groups in total. The van der Waals surface area contributed by atoms with Gasteiger partial charge in [0, 0.05) is 12.1 Å². The Bertz CT molecular complexity index is 995. The molecule has 0 radical (unpaired) electrons. The van der Waals surface area contributed by atoms with Crippen molar-refractivity contribution < 1.29 is 13.2 Å². The fourth-order valence-corrected chi connectivity index (χ4v) is 4.56. The third-order valence-corrected chi connectivity index (χ3v) is 5.74. The van der Waals surface area contributed by atoms with Crippen LogP contribution >= 0.6 is 0 Å². The van der Waals surface area contributed by atoms with Crippen LogP contribution < -0.4 is 5.32 Å². The molecule has 136 valence electrons. The summed E-state index contributed by atoms with van der Waals surface area (Å²) < 4.78 is 38.8. The Kier molecular flexibility index (Phi) is 3.54. The highest BCUT2D eigenvalue weighted by atomic mass is 19.4. The highest BCUT2D eigenvalue weighted by molar-refractivity contribution is 5.60. The van der Waals surface area contributed by atoms with Gasteiger partial charge in [0.2, 0.25) is 0 Å². The number of nitrogens with one attached hydrogen (secondary N) is 1. The lowest BCUT2D eigenvalue weighted by Gasteiger charge is -2.37. The summed E-state index contributed by atoms with van der Waals surface area (Å²) in [6, 6.07) is 17.7. The summed E-state index contributed by atoms with van der Waals surface area (Å²) in [5.41, 5.74) is 4.82. The molecule has 2 nitrogen and oxygen atoms in total. The van der Waals surface area contributed by atoms with Crippen LogP contribution in [0.3, 0.4) is 0 Å². The van der Waals surface area contributed by atoms with E-state index in [0.29, 0.717) is 0 Å². The maximum atomic E-state index is 12.9. The van der Waals surface area contributed by atoms with Crippen molar-refractivity contribution >= 4 is 5.69 Å². The Morgan fingerprint density at radius 3 is 2.48 bits per heavy atom. The fourth-order valence-electron chi connectivity index (χ4n) is 4.56. The van der Waals surface area contributed by atoms with Crippen molar-refractivity contribution in [1.29, 1.82) is 0 Å². The van der Waals surface area contributed by atoms with Gasteiger partial charge in [0.25, 0.3) is 0 Å². The van der Waals surface area contributed by atoms with Crippen LogP contribution in [0.4, 0.5) is 18.9 Å². The van der Waals surface area contributed by atoms with Crippen molar-refractivity contribution in [3.8, 4) is 0 Å². The molecule has 0 bridgehead atoms. The molecule has 0 saturated carbocycles. The monoisotopic (exact) mass is 366 g/mol. The van der Waals surface area contributed by atoms with Gasteiger partial charge in [-0.3, -0.25) is 4.98 Å². The summed E-state index contributed by atoms with van der Waals surface area (Å²) in [4.78, 5) is 4.62. The molecule has 1 aliphatic carbocycles. The SMILES string of the molecule is FC(F)(F)c1ccc([C@H]2Nc3cccnc3[C@H]3c4ccccc4C[C@H]32)cc1. The lowest BCUT2D eigenvalue weighted by atomic mass is 9.77. The first-order chi connectivity index (χ1) is 13.0. The van der Waals surface area contributed by atoms with Gasteiger partial charge in [0.1, 0.15) is 0 Å². The molecule has 1 aliphatic heterocycles. The average Bonchev–Trinajstić information content (AvgIpc) is 3.07. The zero-order valence-electron chi connectivity index (χ0n) is 14.4. The molecule has 5 rings (SSSR count). The summed E-state index contributed by atoms with van der Waals surface area (Å²) in [6.07, 6.45) is -1.63. The molecule has 0 amide bonds. The molecule has 1 aromatic heterocycles. The molecular weight excluding hydrogens is 349 g/mol. The minimum atomic E-state index is -4.32. The number of rotatable bonds is 1. The lowest BCUT2D eigenvalue weighted by Crippen LogP contribution is -2.31. The quantitative estimate of drug-likeness (QED) is 0.609. The third kappa shape index (κ3) is 2.60. The van der Waals surface area contributed by atoms with Gasteiger partial charge in [-0.15, -0.1) is 0 Å². The van der Waals surface area contributed by atoms with Crippen LogP contribution in [0.25, 0.3) is 0 Å². The molecule has 2 aliphatic rings. The normalized spacial score (nSPS) is 23.1. The molecule has 2 heterocycles. The molecule has 3 aromatic rings. The lowest BCUT2D eigenvalue weighted by molar-refractivity contribution is -0.137. The Balaban J connectivity index is 1.59. The molecule has 0 saturated heterocycles. The first kappa shape index (κ1) is 16.4. The number of fused-ring (bicyclic) bond motifs is 5. The molecule has 0 unspecified atom stereocenters. The summed E-state index contributed by atoms with van der Waals surface area (Å²) in [6.45, 7) is 0. The number of anilines is 1. The predicted molar refractivity (Wildman–Crippen MR) is 97.5 cm³/mol. The van der Waals surface area contributed by atoms with Gasteiger partial charge in [-0.2, -0.15) is 13.2 Å². The fraction of sp³-hybridized carbons (Fsp3) is 0.227. The van der Waals surface area contributed by atoms with E-state index in [1.807, 2.05) is 24.3 Å². The zero-order valence-corrected chi connectivity index (χ0v) is 14.4. The van der Waals surface area contributed by atoms with Crippen molar-refractivity contribution in [3.63, 3.8) is 0 Å². The summed E-state index contributed by atoms with van der Waals surface area (Å²) >= 11 is 0. The molecule has 3 atom stereocenters. The zero-order chi connectivity index (χ0) is 18.6. The van der Waals surface area contributed by atoms with Crippen LogP contribution in [0.15, 0.2) is 66.9 Å². The number of halogens is 3. The van der Waals surface area contributed by atoms with Crippen molar-refractivity contribution in [1.82, 2.24) is 4.98 Å². The second-order valence-corrected chi connectivity index (χ2v) is 7.22. The van der Waals surface area contributed by atoms with Gasteiger partial charge in [-0.1, -0.05) is 36.4 Å². The minimum absolute atomic E-state index is 0.0543. The van der Waals surface area contributed by atoms with E-state index in [2.05, 4.69) is 22.4 Å². The second-order valence-electron chi connectivity index (χ2n) is 7.22. The molecule has 2 aromatic carbocycles. The smallest absolute Gasteiger partial charge is 0.376 e. The number of nitrogens with zero attached hydrogens (tertiary/aromatic N) is 1. The van der Waals surface area contributed by atoms with Crippen LogP contribution in [0.2, 0.25) is 0 Å². The standard InChI is InChI=1S/C22H17F3N2/c23-22(24,25)15-9-7-13(8-10-15)20-17-12-14-4-1-2-5-16(14)19(17)21-18(27-20)6-3-11-26-21/h1-11,17,19-20,27H,12H2/t17-,19+,20-/m1/s1. The predicted octanol–water partition coefficient (Wildman–Crippen LogP) is 5.57. The molecule has 0 fully saturated rings. The van der Waals surface area contributed by atoms with E-state index in [4.69, 9.17) is 0 Å². The number of aromatic nitrogens is 1. The van der Waals surface area contributed by atoms with Gasteiger partial charge >= 0.3 is 6.18 Å². The van der Waals surface area contributed by atoms with Crippen molar-refractivity contribution in [3.05, 3.63) is 94.8 Å². The summed E-state index contributed by atoms with van der Waals surface area (Å²) in [5.74, 6) is 0.382. The minimum Gasteiger partial charge on any atom is -0.376 e. The molecule has 0 spiro atoms. The van der Waals surface area contributed by atoms with E-state index in [9.17, 15) is 13.2 Å². The van der Waals surface area contributed by atoms with Crippen LogP contribution in [0.1, 0.15) is 39.9 Å². The third-order valence-electron chi connectivity index (χ3n) is 5.74. The molecule has 5 heteroatoms. The van der Waals surface area contributed by atoms with Crippen LogP contribution in [-0.4, -0.2) is 4.98 Å². The maximum Gasteiger partial charge on any atom is 0.416 e. The first-order valence-corrected chi connectivity index (χ1v) is 8.99. The summed E-state index contributed by atoms with van der Waals surface area (Å²) in [5, 5.41) is 3.53. The maximum absolute atomic E-state index is 12.9. The number of alkyl halides is 3. The topological polar surface area (TPSA) is 24.9 Å². The van der Waals surface area contributed by atoms with Gasteiger partial charge < -0.3 is 5.32 Å². The average molecular weight is 366 g/mol.